The summed E-state index contributed by atoms with van der Waals surface area (Å²) >= 11 is 9.61. The molecule has 2 fully saturated rings. The Bertz CT molecular complexity index is 1430. The van der Waals surface area contributed by atoms with Crippen molar-refractivity contribution < 1.29 is 14.9 Å². The molecule has 0 bridgehead atoms. The van der Waals surface area contributed by atoms with Crippen molar-refractivity contribution in [2.24, 2.45) is 11.3 Å². The highest BCUT2D eigenvalue weighted by atomic mass is 79.9. The molecule has 1 saturated heterocycles. The Balaban J connectivity index is 1.25. The smallest absolute Gasteiger partial charge is 0.145 e. The highest BCUT2D eigenvalue weighted by molar-refractivity contribution is 9.10. The number of anilines is 1. The molecule has 8 nitrogen and oxygen atoms in total. The van der Waals surface area contributed by atoms with Gasteiger partial charge in [-0.25, -0.2) is 15.0 Å². The largest absolute Gasteiger partial charge is 0.396 e. The topological polar surface area (TPSA) is 119 Å². The van der Waals surface area contributed by atoms with Gasteiger partial charge in [-0.2, -0.15) is 0 Å². The third-order valence-corrected chi connectivity index (χ3v) is 8.87. The Morgan fingerprint density at radius 3 is 2.91 bits per heavy atom. The number of fused-ring (bicyclic) bond motifs is 2. The maximum absolute atomic E-state index is 11.4. The number of pyridine rings is 1. The van der Waals surface area contributed by atoms with Gasteiger partial charge in [0.15, 0.2) is 0 Å². The molecule has 3 aromatic heterocycles. The Labute approximate surface area is 215 Å². The number of nitrogens with two attached hydrogens (primary N) is 1. The van der Waals surface area contributed by atoms with Gasteiger partial charge in [0, 0.05) is 29.0 Å². The molecule has 35 heavy (non-hydrogen) atoms. The third kappa shape index (κ3) is 3.81. The lowest BCUT2D eigenvalue weighted by atomic mass is 9.79. The van der Waals surface area contributed by atoms with E-state index in [1.54, 1.807) is 0 Å². The van der Waals surface area contributed by atoms with Crippen LogP contribution in [0.4, 0.5) is 5.82 Å². The summed E-state index contributed by atoms with van der Waals surface area (Å²) in [7, 11) is 0. The van der Waals surface area contributed by atoms with Gasteiger partial charge < -0.3 is 25.3 Å². The molecule has 0 amide bonds. The molecule has 0 unspecified atom stereocenters. The molecule has 2 aliphatic rings. The predicted molar refractivity (Wildman–Crippen MR) is 137 cm³/mol. The summed E-state index contributed by atoms with van der Waals surface area (Å²) in [6.07, 6.45) is 4.76. The van der Waals surface area contributed by atoms with Crippen LogP contribution >= 0.6 is 27.5 Å². The summed E-state index contributed by atoms with van der Waals surface area (Å²) in [4.78, 5) is 13.0. The van der Waals surface area contributed by atoms with Crippen LogP contribution in [0.5, 0.6) is 0 Å². The van der Waals surface area contributed by atoms with Crippen molar-refractivity contribution >= 4 is 55.3 Å². The van der Waals surface area contributed by atoms with E-state index in [-0.39, 0.29) is 24.7 Å². The standard InChI is InChI=1S/C25H25BrClN5O3/c26-18-7-14-2-1-13(6-19(14)31-22(18)27)5-15-8-25(11-35-15)9-20(17(10-33)21(25)34)32-4-3-16-23(28)29-12-30-24(16)32/h1-4,6-7,12,15,17,20-21,33-34H,5,8-11H2,(H2,28,29,30)/t15-,17+,20-,21+,25+/m1/s1. The SMILES string of the molecule is Nc1ncnc2c1ccn2[C@@H]1C[C@@]2(CO[C@H](Cc3ccc4cc(Br)c(Cl)nc4c3)C2)[C@@H](O)[C@H]1CO. The molecule has 0 radical (unpaired) electrons. The first-order valence-corrected chi connectivity index (χ1v) is 12.8. The van der Waals surface area contributed by atoms with Crippen LogP contribution in [0.15, 0.2) is 47.3 Å². The molecule has 182 valence electrons. The molecular formula is C25H25BrClN5O3. The normalized spacial score (nSPS) is 28.6. The fourth-order valence-corrected chi connectivity index (χ4v) is 6.51. The van der Waals surface area contributed by atoms with Crippen LogP contribution < -0.4 is 5.73 Å². The van der Waals surface area contributed by atoms with Crippen molar-refractivity contribution in [3.8, 4) is 0 Å². The fourth-order valence-electron chi connectivity index (χ4n) is 6.03. The first-order chi connectivity index (χ1) is 16.9. The zero-order chi connectivity index (χ0) is 24.3. The van der Waals surface area contributed by atoms with E-state index in [9.17, 15) is 10.2 Å². The van der Waals surface area contributed by atoms with Gasteiger partial charge in [-0.15, -0.1) is 0 Å². The minimum atomic E-state index is -0.687. The van der Waals surface area contributed by atoms with E-state index in [1.165, 1.54) is 6.33 Å². The van der Waals surface area contributed by atoms with Gasteiger partial charge in [-0.3, -0.25) is 0 Å². The molecule has 10 heteroatoms. The number of hydrogen-bond acceptors (Lipinski definition) is 7. The van der Waals surface area contributed by atoms with Gasteiger partial charge in [0.05, 0.1) is 40.8 Å². The Morgan fingerprint density at radius 2 is 2.09 bits per heavy atom. The maximum Gasteiger partial charge on any atom is 0.145 e. The molecule has 1 aliphatic carbocycles. The lowest BCUT2D eigenvalue weighted by Crippen LogP contribution is -2.35. The lowest BCUT2D eigenvalue weighted by Gasteiger charge is -2.27. The molecule has 1 saturated carbocycles. The molecule has 4 N–H and O–H groups in total. The molecule has 1 aromatic carbocycles. The molecule has 6 rings (SSSR count). The van der Waals surface area contributed by atoms with Gasteiger partial charge in [-0.05, 0) is 59.0 Å². The zero-order valence-electron chi connectivity index (χ0n) is 18.8. The number of nitrogens with zero attached hydrogens (tertiary/aromatic N) is 4. The van der Waals surface area contributed by atoms with Gasteiger partial charge in [0.1, 0.15) is 22.9 Å². The van der Waals surface area contributed by atoms with Gasteiger partial charge in [0.25, 0.3) is 0 Å². The number of aliphatic hydroxyl groups is 2. The summed E-state index contributed by atoms with van der Waals surface area (Å²) in [6, 6.07) is 9.90. The van der Waals surface area contributed by atoms with Crippen LogP contribution in [0.1, 0.15) is 24.4 Å². The van der Waals surface area contributed by atoms with E-state index in [4.69, 9.17) is 22.1 Å². The molecule has 1 spiro atoms. The van der Waals surface area contributed by atoms with E-state index < -0.39 is 11.5 Å². The van der Waals surface area contributed by atoms with Gasteiger partial charge >= 0.3 is 0 Å². The molecule has 4 heterocycles. The van der Waals surface area contributed by atoms with Crippen LogP contribution in [0.3, 0.4) is 0 Å². The summed E-state index contributed by atoms with van der Waals surface area (Å²) in [6.45, 7) is 0.331. The van der Waals surface area contributed by atoms with Crippen LogP contribution in [-0.4, -0.2) is 55.2 Å². The van der Waals surface area contributed by atoms with Crippen molar-refractivity contribution in [3.63, 3.8) is 0 Å². The second-order valence-electron chi connectivity index (χ2n) is 9.77. The van der Waals surface area contributed by atoms with E-state index in [2.05, 4.69) is 36.9 Å². The lowest BCUT2D eigenvalue weighted by molar-refractivity contribution is -0.00266. The van der Waals surface area contributed by atoms with Crippen LogP contribution in [0.25, 0.3) is 21.9 Å². The Morgan fingerprint density at radius 1 is 1.23 bits per heavy atom. The fraction of sp³-hybridized carbons (Fsp3) is 0.400. The van der Waals surface area contributed by atoms with Crippen molar-refractivity contribution in [1.82, 2.24) is 19.5 Å². The zero-order valence-corrected chi connectivity index (χ0v) is 21.2. The van der Waals surface area contributed by atoms with Crippen LogP contribution in [-0.2, 0) is 11.2 Å². The summed E-state index contributed by atoms with van der Waals surface area (Å²) < 4.78 is 9.03. The van der Waals surface area contributed by atoms with Crippen molar-refractivity contribution in [1.29, 1.82) is 0 Å². The Hall–Kier alpha value is -2.30. The first kappa shape index (κ1) is 23.1. The summed E-state index contributed by atoms with van der Waals surface area (Å²) in [5.41, 5.74) is 8.26. The maximum atomic E-state index is 11.4. The van der Waals surface area contributed by atoms with Crippen molar-refractivity contribution in [2.75, 3.05) is 18.9 Å². The number of rotatable bonds is 4. The number of aromatic nitrogens is 4. The number of halogens is 2. The van der Waals surface area contributed by atoms with Crippen molar-refractivity contribution in [2.45, 2.75) is 37.5 Å². The second-order valence-corrected chi connectivity index (χ2v) is 11.0. The summed E-state index contributed by atoms with van der Waals surface area (Å²) in [5, 5.41) is 23.8. The predicted octanol–water partition coefficient (Wildman–Crippen LogP) is 3.91. The van der Waals surface area contributed by atoms with E-state index >= 15 is 0 Å². The van der Waals surface area contributed by atoms with Gasteiger partial charge in [-0.1, -0.05) is 23.7 Å². The van der Waals surface area contributed by atoms with E-state index in [0.717, 1.165) is 32.0 Å². The number of nitrogen functional groups attached to an aromatic ring is 1. The molecule has 5 atom stereocenters. The minimum Gasteiger partial charge on any atom is -0.396 e. The van der Waals surface area contributed by atoms with Crippen molar-refractivity contribution in [3.05, 3.63) is 58.0 Å². The van der Waals surface area contributed by atoms with E-state index in [1.807, 2.05) is 35.0 Å². The van der Waals surface area contributed by atoms with Crippen LogP contribution in [0.2, 0.25) is 5.15 Å². The second kappa shape index (κ2) is 8.67. The monoisotopic (exact) mass is 557 g/mol. The average molecular weight is 559 g/mol. The quantitative estimate of drug-likeness (QED) is 0.325. The van der Waals surface area contributed by atoms with Crippen LogP contribution in [0, 0.1) is 11.3 Å². The molecule has 4 aromatic rings. The van der Waals surface area contributed by atoms with E-state index in [0.29, 0.717) is 36.8 Å². The number of benzene rings is 1. The van der Waals surface area contributed by atoms with Gasteiger partial charge in [0.2, 0.25) is 0 Å². The molecule has 1 aliphatic heterocycles. The third-order valence-electron chi connectivity index (χ3n) is 7.75. The first-order valence-electron chi connectivity index (χ1n) is 11.6. The minimum absolute atomic E-state index is 0.0366. The average Bonchev–Trinajstić information content (AvgIpc) is 3.52. The number of ether oxygens (including phenoxy) is 1. The summed E-state index contributed by atoms with van der Waals surface area (Å²) in [5.74, 6) is 0.0972. The Kier molecular flexibility index (Phi) is 5.73. The molecular weight excluding hydrogens is 534 g/mol. The number of hydrogen-bond donors (Lipinski definition) is 3. The highest BCUT2D eigenvalue weighted by Crippen LogP contribution is 2.54. The number of aliphatic hydroxyl groups excluding tert-OH is 2. The highest BCUT2D eigenvalue weighted by Gasteiger charge is 2.57.